The lowest BCUT2D eigenvalue weighted by atomic mass is 10.1. The van der Waals surface area contributed by atoms with E-state index < -0.39 is 0 Å². The van der Waals surface area contributed by atoms with Crippen LogP contribution in [0.5, 0.6) is 0 Å². The third-order valence-corrected chi connectivity index (χ3v) is 2.12. The van der Waals surface area contributed by atoms with Crippen molar-refractivity contribution >= 4 is 5.97 Å². The molecule has 15 heavy (non-hydrogen) atoms. The zero-order valence-electron chi connectivity index (χ0n) is 10.2. The van der Waals surface area contributed by atoms with Crippen molar-refractivity contribution in [3.63, 3.8) is 0 Å². The van der Waals surface area contributed by atoms with Crippen molar-refractivity contribution in [2.45, 2.75) is 59.0 Å². The monoisotopic (exact) mass is 216 g/mol. The smallest absolute Gasteiger partial charge is 0.305 e. The van der Waals surface area contributed by atoms with E-state index in [9.17, 15) is 9.90 Å². The summed E-state index contributed by atoms with van der Waals surface area (Å²) < 4.78 is 5.02. The highest BCUT2D eigenvalue weighted by Crippen LogP contribution is 2.07. The van der Waals surface area contributed by atoms with Gasteiger partial charge in [0, 0.05) is 6.42 Å². The van der Waals surface area contributed by atoms with Gasteiger partial charge in [0.2, 0.25) is 0 Å². The average Bonchev–Trinajstić information content (AvgIpc) is 2.15. The van der Waals surface area contributed by atoms with Gasteiger partial charge >= 0.3 is 5.97 Å². The fourth-order valence-electron chi connectivity index (χ4n) is 1.29. The Bertz CT molecular complexity index is 166. The van der Waals surface area contributed by atoms with Gasteiger partial charge in [-0.3, -0.25) is 4.79 Å². The fourth-order valence-corrected chi connectivity index (χ4v) is 1.29. The Morgan fingerprint density at radius 3 is 2.53 bits per heavy atom. The minimum absolute atomic E-state index is 0.146. The summed E-state index contributed by atoms with van der Waals surface area (Å²) in [5.41, 5.74) is 0. The van der Waals surface area contributed by atoms with Crippen molar-refractivity contribution in [3.05, 3.63) is 0 Å². The summed E-state index contributed by atoms with van der Waals surface area (Å²) in [4.78, 5) is 11.2. The van der Waals surface area contributed by atoms with Gasteiger partial charge in [-0.15, -0.1) is 0 Å². The molecule has 1 atom stereocenters. The van der Waals surface area contributed by atoms with Crippen molar-refractivity contribution in [3.8, 4) is 0 Å². The Morgan fingerprint density at radius 2 is 2.00 bits per heavy atom. The van der Waals surface area contributed by atoms with Crippen LogP contribution in [-0.2, 0) is 9.53 Å². The maximum absolute atomic E-state index is 11.2. The third-order valence-electron chi connectivity index (χ3n) is 2.12. The van der Waals surface area contributed by atoms with Crippen LogP contribution >= 0.6 is 0 Å². The molecule has 1 unspecified atom stereocenters. The lowest BCUT2D eigenvalue weighted by molar-refractivity contribution is -0.144. The molecule has 0 heterocycles. The Kier molecular flexibility index (Phi) is 8.38. The van der Waals surface area contributed by atoms with E-state index in [0.717, 1.165) is 19.3 Å². The molecule has 0 aliphatic carbocycles. The molecular formula is C12H24O3. The highest BCUT2D eigenvalue weighted by Gasteiger charge is 2.07. The van der Waals surface area contributed by atoms with E-state index in [2.05, 4.69) is 0 Å². The van der Waals surface area contributed by atoms with Gasteiger partial charge in [-0.25, -0.2) is 0 Å². The van der Waals surface area contributed by atoms with Crippen LogP contribution < -0.4 is 0 Å². The minimum atomic E-state index is -0.257. The first-order chi connectivity index (χ1) is 7.06. The molecular weight excluding hydrogens is 192 g/mol. The second-order valence-electron chi connectivity index (χ2n) is 4.41. The second kappa shape index (κ2) is 8.72. The van der Waals surface area contributed by atoms with E-state index in [1.165, 1.54) is 0 Å². The Morgan fingerprint density at radius 1 is 1.33 bits per heavy atom. The molecule has 3 heteroatoms. The fraction of sp³-hybridized carbons (Fsp3) is 0.917. The van der Waals surface area contributed by atoms with E-state index >= 15 is 0 Å². The number of carbonyl (C=O) groups is 1. The van der Waals surface area contributed by atoms with Gasteiger partial charge in [-0.2, -0.15) is 0 Å². The predicted octanol–water partition coefficient (Wildman–Crippen LogP) is 2.52. The third kappa shape index (κ3) is 9.73. The second-order valence-corrected chi connectivity index (χ2v) is 4.41. The molecule has 0 saturated heterocycles. The number of ether oxygens (including phenoxy) is 1. The minimum Gasteiger partial charge on any atom is -0.465 e. The van der Waals surface area contributed by atoms with Gasteiger partial charge in [0.25, 0.3) is 0 Å². The number of aliphatic hydroxyl groups excluding tert-OH is 1. The molecule has 0 aromatic rings. The normalized spacial score (nSPS) is 12.9. The number of hydrogen-bond donors (Lipinski definition) is 1. The topological polar surface area (TPSA) is 46.5 Å². The summed E-state index contributed by atoms with van der Waals surface area (Å²) >= 11 is 0. The molecule has 0 spiro atoms. The van der Waals surface area contributed by atoms with E-state index in [1.807, 2.05) is 20.8 Å². The predicted molar refractivity (Wildman–Crippen MR) is 60.6 cm³/mol. The van der Waals surface area contributed by atoms with Crippen LogP contribution in [0.15, 0.2) is 0 Å². The van der Waals surface area contributed by atoms with Crippen LogP contribution in [0.3, 0.4) is 0 Å². The van der Waals surface area contributed by atoms with Crippen molar-refractivity contribution in [1.29, 1.82) is 0 Å². The average molecular weight is 216 g/mol. The molecule has 0 saturated carbocycles. The first-order valence-electron chi connectivity index (χ1n) is 5.90. The number of hydrogen-bond acceptors (Lipinski definition) is 3. The van der Waals surface area contributed by atoms with Gasteiger partial charge in [0.05, 0.1) is 12.7 Å². The van der Waals surface area contributed by atoms with E-state index in [1.54, 1.807) is 0 Å². The van der Waals surface area contributed by atoms with Crippen LogP contribution in [0.1, 0.15) is 52.9 Å². The number of rotatable bonds is 8. The zero-order chi connectivity index (χ0) is 11.7. The molecule has 0 bridgehead atoms. The molecule has 90 valence electrons. The Hall–Kier alpha value is -0.570. The maximum Gasteiger partial charge on any atom is 0.305 e. The molecule has 0 rings (SSSR count). The van der Waals surface area contributed by atoms with Gasteiger partial charge in [0.15, 0.2) is 0 Å². The summed E-state index contributed by atoms with van der Waals surface area (Å²) in [6, 6.07) is 0. The number of carbonyl (C=O) groups excluding carboxylic acids is 1. The first-order valence-corrected chi connectivity index (χ1v) is 5.90. The van der Waals surface area contributed by atoms with E-state index in [0.29, 0.717) is 25.4 Å². The van der Waals surface area contributed by atoms with Crippen molar-refractivity contribution in [2.75, 3.05) is 6.61 Å². The standard InChI is InChI=1S/C12H24O3/c1-4-6-11(13)7-5-8-12(14)15-9-10(2)3/h10-11,13H,4-9H2,1-3H3. The summed E-state index contributed by atoms with van der Waals surface area (Å²) in [5.74, 6) is 0.243. The number of aliphatic hydroxyl groups is 1. The largest absolute Gasteiger partial charge is 0.465 e. The molecule has 0 radical (unpaired) electrons. The van der Waals surface area contributed by atoms with Crippen molar-refractivity contribution in [1.82, 2.24) is 0 Å². The summed E-state index contributed by atoms with van der Waals surface area (Å²) in [6.07, 6.45) is 3.39. The zero-order valence-corrected chi connectivity index (χ0v) is 10.2. The summed E-state index contributed by atoms with van der Waals surface area (Å²) in [5, 5.41) is 9.43. The van der Waals surface area contributed by atoms with E-state index in [-0.39, 0.29) is 12.1 Å². The van der Waals surface area contributed by atoms with Crippen LogP contribution in [0.4, 0.5) is 0 Å². The number of esters is 1. The highest BCUT2D eigenvalue weighted by atomic mass is 16.5. The molecule has 0 amide bonds. The van der Waals surface area contributed by atoms with Gasteiger partial charge in [-0.1, -0.05) is 27.2 Å². The summed E-state index contributed by atoms with van der Waals surface area (Å²) in [6.45, 7) is 6.56. The molecule has 1 N–H and O–H groups in total. The Labute approximate surface area is 92.8 Å². The first kappa shape index (κ1) is 14.4. The van der Waals surface area contributed by atoms with Crippen LogP contribution in [0.2, 0.25) is 0 Å². The van der Waals surface area contributed by atoms with Gasteiger partial charge in [-0.05, 0) is 25.2 Å². The van der Waals surface area contributed by atoms with Crippen molar-refractivity contribution < 1.29 is 14.6 Å². The SMILES string of the molecule is CCCC(O)CCCC(=O)OCC(C)C. The Balaban J connectivity index is 3.38. The molecule has 0 fully saturated rings. The molecule has 0 aliphatic heterocycles. The summed E-state index contributed by atoms with van der Waals surface area (Å²) in [7, 11) is 0. The highest BCUT2D eigenvalue weighted by molar-refractivity contribution is 5.69. The van der Waals surface area contributed by atoms with Crippen LogP contribution in [-0.4, -0.2) is 23.8 Å². The van der Waals surface area contributed by atoms with Crippen LogP contribution in [0.25, 0.3) is 0 Å². The molecule has 3 nitrogen and oxygen atoms in total. The molecule has 0 aromatic heterocycles. The van der Waals surface area contributed by atoms with E-state index in [4.69, 9.17) is 4.74 Å². The van der Waals surface area contributed by atoms with Crippen LogP contribution in [0, 0.1) is 5.92 Å². The van der Waals surface area contributed by atoms with Gasteiger partial charge < -0.3 is 9.84 Å². The molecule has 0 aromatic carbocycles. The van der Waals surface area contributed by atoms with Gasteiger partial charge in [0.1, 0.15) is 0 Å². The molecule has 0 aliphatic rings. The lowest BCUT2D eigenvalue weighted by Gasteiger charge is -2.09. The quantitative estimate of drug-likeness (QED) is 0.634. The lowest BCUT2D eigenvalue weighted by Crippen LogP contribution is -2.11. The maximum atomic E-state index is 11.2. The van der Waals surface area contributed by atoms with Crippen molar-refractivity contribution in [2.24, 2.45) is 5.92 Å².